The molecule has 0 unspecified atom stereocenters. The van der Waals surface area contributed by atoms with Gasteiger partial charge in [-0.25, -0.2) is 9.98 Å². The molecule has 2 heterocycles. The molecule has 0 atom stereocenters. The van der Waals surface area contributed by atoms with Crippen LogP contribution in [0.25, 0.3) is 10.9 Å². The second-order valence-corrected chi connectivity index (χ2v) is 8.01. The fourth-order valence-electron chi connectivity index (χ4n) is 2.80. The molecule has 27 heavy (non-hydrogen) atoms. The Morgan fingerprint density at radius 1 is 1.19 bits per heavy atom. The number of hydrogen-bond acceptors (Lipinski definition) is 7. The molecular formula is C19H17N3O3S2. The number of ether oxygens (including phenoxy) is 2. The van der Waals surface area contributed by atoms with Gasteiger partial charge >= 0.3 is 0 Å². The zero-order valence-electron chi connectivity index (χ0n) is 14.8. The number of aromatic amines is 1. The van der Waals surface area contributed by atoms with Gasteiger partial charge in [-0.05, 0) is 17.7 Å². The molecule has 1 aliphatic rings. The fraction of sp³-hybridized carbons (Fsp3) is 0.211. The maximum Gasteiger partial charge on any atom is 0.258 e. The van der Waals surface area contributed by atoms with Crippen LogP contribution in [-0.2, 0) is 11.5 Å². The van der Waals surface area contributed by atoms with Gasteiger partial charge in [0.2, 0.25) is 0 Å². The third-order valence-electron chi connectivity index (χ3n) is 4.15. The SMILES string of the molecule is COc1cc2nc(CSC3=Nc4ccccc4CS3)[nH]c(=O)c2cc1OC. The van der Waals surface area contributed by atoms with Crippen LogP contribution in [0.1, 0.15) is 11.4 Å². The number of rotatable bonds is 4. The molecule has 3 aromatic rings. The number of nitrogens with one attached hydrogen (secondary N) is 1. The third-order valence-corrected chi connectivity index (χ3v) is 6.40. The quantitative estimate of drug-likeness (QED) is 0.712. The van der Waals surface area contributed by atoms with E-state index in [2.05, 4.69) is 21.0 Å². The Hall–Kier alpha value is -2.45. The lowest BCUT2D eigenvalue weighted by molar-refractivity contribution is 0.355. The molecule has 8 heteroatoms. The third kappa shape index (κ3) is 3.68. The molecule has 0 bridgehead atoms. The highest BCUT2D eigenvalue weighted by atomic mass is 32.2. The molecule has 1 aliphatic heterocycles. The van der Waals surface area contributed by atoms with Crippen molar-refractivity contribution >= 4 is 44.5 Å². The molecule has 0 amide bonds. The van der Waals surface area contributed by atoms with Crippen LogP contribution in [0, 0.1) is 0 Å². The molecule has 0 fully saturated rings. The number of aromatic nitrogens is 2. The van der Waals surface area contributed by atoms with Crippen LogP contribution in [0.15, 0.2) is 46.2 Å². The lowest BCUT2D eigenvalue weighted by atomic mass is 10.2. The molecule has 0 aliphatic carbocycles. The van der Waals surface area contributed by atoms with Crippen LogP contribution in [0.3, 0.4) is 0 Å². The van der Waals surface area contributed by atoms with Gasteiger partial charge in [0.1, 0.15) is 10.2 Å². The van der Waals surface area contributed by atoms with Crippen molar-refractivity contribution in [3.8, 4) is 11.5 Å². The van der Waals surface area contributed by atoms with Gasteiger partial charge in [-0.15, -0.1) is 0 Å². The summed E-state index contributed by atoms with van der Waals surface area (Å²) in [6.07, 6.45) is 0. The van der Waals surface area contributed by atoms with Crippen molar-refractivity contribution in [2.24, 2.45) is 4.99 Å². The molecule has 2 aromatic carbocycles. The number of methoxy groups -OCH3 is 2. The van der Waals surface area contributed by atoms with E-state index < -0.39 is 0 Å². The van der Waals surface area contributed by atoms with E-state index in [-0.39, 0.29) is 5.56 Å². The van der Waals surface area contributed by atoms with Crippen LogP contribution < -0.4 is 15.0 Å². The number of hydrogen-bond donors (Lipinski definition) is 1. The topological polar surface area (TPSA) is 76.6 Å². The Bertz CT molecular complexity index is 1100. The maximum absolute atomic E-state index is 12.4. The highest BCUT2D eigenvalue weighted by molar-refractivity contribution is 8.38. The summed E-state index contributed by atoms with van der Waals surface area (Å²) >= 11 is 3.27. The first-order chi connectivity index (χ1) is 13.2. The van der Waals surface area contributed by atoms with Crippen LogP contribution in [0.5, 0.6) is 11.5 Å². The van der Waals surface area contributed by atoms with E-state index in [4.69, 9.17) is 9.47 Å². The van der Waals surface area contributed by atoms with Crippen molar-refractivity contribution in [2.45, 2.75) is 11.5 Å². The van der Waals surface area contributed by atoms with Gasteiger partial charge in [0.25, 0.3) is 5.56 Å². The standard InChI is InChI=1S/C19H17N3O3S2/c1-24-15-7-12-14(8-16(15)25-2)20-17(22-18(12)23)10-27-19-21-13-6-4-3-5-11(13)9-26-19/h3-8H,9-10H2,1-2H3,(H,20,22,23). The highest BCUT2D eigenvalue weighted by Crippen LogP contribution is 2.35. The zero-order valence-corrected chi connectivity index (χ0v) is 16.4. The summed E-state index contributed by atoms with van der Waals surface area (Å²) in [4.78, 5) is 24.5. The highest BCUT2D eigenvalue weighted by Gasteiger charge is 2.15. The monoisotopic (exact) mass is 399 g/mol. The van der Waals surface area contributed by atoms with Crippen molar-refractivity contribution in [2.75, 3.05) is 14.2 Å². The first-order valence-corrected chi connectivity index (χ1v) is 10.2. The molecule has 6 nitrogen and oxygen atoms in total. The Balaban J connectivity index is 1.60. The molecule has 0 saturated heterocycles. The van der Waals surface area contributed by atoms with Gasteiger partial charge < -0.3 is 14.5 Å². The van der Waals surface area contributed by atoms with Crippen molar-refractivity contribution in [3.63, 3.8) is 0 Å². The summed E-state index contributed by atoms with van der Waals surface area (Å²) in [6, 6.07) is 11.5. The van der Waals surface area contributed by atoms with Crippen molar-refractivity contribution in [1.82, 2.24) is 9.97 Å². The minimum atomic E-state index is -0.194. The van der Waals surface area contributed by atoms with Crippen LogP contribution in [-0.4, -0.2) is 28.6 Å². The Morgan fingerprint density at radius 2 is 1.96 bits per heavy atom. The minimum Gasteiger partial charge on any atom is -0.493 e. The fourth-order valence-corrected chi connectivity index (χ4v) is 4.73. The smallest absolute Gasteiger partial charge is 0.258 e. The van der Waals surface area contributed by atoms with E-state index >= 15 is 0 Å². The number of fused-ring (bicyclic) bond motifs is 2. The number of thioether (sulfide) groups is 2. The number of para-hydroxylation sites is 1. The van der Waals surface area contributed by atoms with Crippen LogP contribution in [0.2, 0.25) is 0 Å². The van der Waals surface area contributed by atoms with Crippen LogP contribution in [0.4, 0.5) is 5.69 Å². The number of nitrogens with zero attached hydrogens (tertiary/aromatic N) is 2. The second kappa shape index (κ2) is 7.66. The van der Waals surface area contributed by atoms with E-state index in [1.54, 1.807) is 42.8 Å². The van der Waals surface area contributed by atoms with E-state index in [1.807, 2.05) is 18.2 Å². The first kappa shape index (κ1) is 17.9. The Labute approximate surface area is 164 Å². The average molecular weight is 399 g/mol. The van der Waals surface area contributed by atoms with Crippen molar-refractivity contribution in [1.29, 1.82) is 0 Å². The molecule has 0 spiro atoms. The molecular weight excluding hydrogens is 382 g/mol. The zero-order chi connectivity index (χ0) is 18.8. The van der Waals surface area contributed by atoms with Gasteiger partial charge in [-0.1, -0.05) is 41.7 Å². The molecule has 138 valence electrons. The van der Waals surface area contributed by atoms with E-state index in [0.717, 1.165) is 15.8 Å². The molecule has 1 N–H and O–H groups in total. The Kier molecular flexibility index (Phi) is 5.09. The largest absolute Gasteiger partial charge is 0.493 e. The van der Waals surface area contributed by atoms with Crippen molar-refractivity contribution in [3.05, 3.63) is 58.1 Å². The lowest BCUT2D eigenvalue weighted by Gasteiger charge is -2.14. The second-order valence-electron chi connectivity index (χ2n) is 5.82. The van der Waals surface area contributed by atoms with E-state index in [9.17, 15) is 4.79 Å². The van der Waals surface area contributed by atoms with Gasteiger partial charge in [0, 0.05) is 11.8 Å². The summed E-state index contributed by atoms with van der Waals surface area (Å²) in [5, 5.41) is 0.472. The van der Waals surface area contributed by atoms with Gasteiger partial charge in [0.15, 0.2) is 11.5 Å². The van der Waals surface area contributed by atoms with Gasteiger partial charge in [-0.2, -0.15) is 0 Å². The summed E-state index contributed by atoms with van der Waals surface area (Å²) in [5.74, 6) is 3.09. The lowest BCUT2D eigenvalue weighted by Crippen LogP contribution is -2.12. The van der Waals surface area contributed by atoms with E-state index in [1.165, 1.54) is 12.7 Å². The molecule has 1 aromatic heterocycles. The first-order valence-electron chi connectivity index (χ1n) is 8.25. The minimum absolute atomic E-state index is 0.194. The summed E-state index contributed by atoms with van der Waals surface area (Å²) in [5.41, 5.74) is 2.64. The molecule has 0 radical (unpaired) electrons. The van der Waals surface area contributed by atoms with Gasteiger partial charge in [0.05, 0.1) is 36.6 Å². The average Bonchev–Trinajstić information content (AvgIpc) is 2.71. The number of aliphatic imine (C=N–C) groups is 1. The van der Waals surface area contributed by atoms with Gasteiger partial charge in [-0.3, -0.25) is 4.79 Å². The predicted molar refractivity (Wildman–Crippen MR) is 112 cm³/mol. The molecule has 0 saturated carbocycles. The maximum atomic E-state index is 12.4. The van der Waals surface area contributed by atoms with E-state index in [0.29, 0.717) is 34.0 Å². The Morgan fingerprint density at radius 3 is 2.78 bits per heavy atom. The summed E-state index contributed by atoms with van der Waals surface area (Å²) < 4.78 is 11.5. The van der Waals surface area contributed by atoms with Crippen molar-refractivity contribution < 1.29 is 9.47 Å². The summed E-state index contributed by atoms with van der Waals surface area (Å²) in [6.45, 7) is 0. The predicted octanol–water partition coefficient (Wildman–Crippen LogP) is 4.11. The number of H-pyrrole nitrogens is 1. The molecule has 4 rings (SSSR count). The summed E-state index contributed by atoms with van der Waals surface area (Å²) in [7, 11) is 3.10. The number of benzene rings is 2. The normalized spacial score (nSPS) is 13.2. The van der Waals surface area contributed by atoms with Crippen LogP contribution >= 0.6 is 23.5 Å².